The quantitative estimate of drug-likeness (QED) is 0.712. The highest BCUT2D eigenvalue weighted by molar-refractivity contribution is 5.82. The van der Waals surface area contributed by atoms with Crippen LogP contribution in [0.2, 0.25) is 0 Å². The van der Waals surface area contributed by atoms with Gasteiger partial charge in [-0.25, -0.2) is 9.59 Å². The number of likely N-dealkylation sites (tertiary alicyclic amines) is 1. The van der Waals surface area contributed by atoms with E-state index in [1.54, 1.807) is 0 Å². The van der Waals surface area contributed by atoms with Gasteiger partial charge in [0.1, 0.15) is 11.6 Å². The molecular weight excluding hydrogens is 234 g/mol. The lowest BCUT2D eigenvalue weighted by molar-refractivity contribution is -0.147. The van der Waals surface area contributed by atoms with Crippen LogP contribution >= 0.6 is 0 Å². The lowest BCUT2D eigenvalue weighted by Crippen LogP contribution is -2.46. The first-order valence-electron chi connectivity index (χ1n) is 6.37. The molecule has 0 aromatic heterocycles. The minimum absolute atomic E-state index is 0.157. The second kappa shape index (κ2) is 5.59. The van der Waals surface area contributed by atoms with Gasteiger partial charge in [0.25, 0.3) is 0 Å². The summed E-state index contributed by atoms with van der Waals surface area (Å²) in [6.45, 7) is 7.99. The normalized spacial score (nSPS) is 23.9. The summed E-state index contributed by atoms with van der Waals surface area (Å²) in [6.07, 6.45) is 1.23. The maximum atomic E-state index is 12.0. The summed E-state index contributed by atoms with van der Waals surface area (Å²) in [7, 11) is 1.35. The SMILES string of the molecule is CCC1CCN(C(=O)OC(C)(C)C)[C@@H]1C(=O)OC. The summed E-state index contributed by atoms with van der Waals surface area (Å²) < 4.78 is 10.1. The van der Waals surface area contributed by atoms with Gasteiger partial charge < -0.3 is 9.47 Å². The van der Waals surface area contributed by atoms with Crippen molar-refractivity contribution in [2.24, 2.45) is 5.92 Å². The Kier molecular flexibility index (Phi) is 4.59. The molecule has 1 rings (SSSR count). The number of nitrogens with zero attached hydrogens (tertiary/aromatic N) is 1. The summed E-state index contributed by atoms with van der Waals surface area (Å²) in [4.78, 5) is 25.3. The fourth-order valence-corrected chi connectivity index (χ4v) is 2.25. The number of esters is 1. The zero-order valence-electron chi connectivity index (χ0n) is 11.9. The zero-order chi connectivity index (χ0) is 13.9. The second-order valence-electron chi connectivity index (χ2n) is 5.60. The molecule has 0 aliphatic carbocycles. The van der Waals surface area contributed by atoms with Gasteiger partial charge in [0.2, 0.25) is 0 Å². The van der Waals surface area contributed by atoms with Gasteiger partial charge in [-0.2, -0.15) is 0 Å². The van der Waals surface area contributed by atoms with Crippen molar-refractivity contribution in [2.45, 2.75) is 52.2 Å². The van der Waals surface area contributed by atoms with Crippen LogP contribution in [0.3, 0.4) is 0 Å². The molecule has 0 saturated carbocycles. The third-order valence-electron chi connectivity index (χ3n) is 3.12. The van der Waals surface area contributed by atoms with E-state index in [9.17, 15) is 9.59 Å². The first-order chi connectivity index (χ1) is 8.30. The van der Waals surface area contributed by atoms with E-state index in [0.29, 0.717) is 6.54 Å². The number of hydrogen-bond acceptors (Lipinski definition) is 4. The molecule has 1 unspecified atom stereocenters. The molecule has 104 valence electrons. The van der Waals surface area contributed by atoms with Crippen molar-refractivity contribution in [1.29, 1.82) is 0 Å². The van der Waals surface area contributed by atoms with Crippen molar-refractivity contribution < 1.29 is 19.1 Å². The number of ether oxygens (including phenoxy) is 2. The van der Waals surface area contributed by atoms with Gasteiger partial charge in [-0.3, -0.25) is 4.90 Å². The second-order valence-corrected chi connectivity index (χ2v) is 5.60. The Morgan fingerprint density at radius 3 is 2.39 bits per heavy atom. The van der Waals surface area contributed by atoms with Gasteiger partial charge in [-0.1, -0.05) is 13.3 Å². The first-order valence-corrected chi connectivity index (χ1v) is 6.37. The van der Waals surface area contributed by atoms with Crippen LogP contribution in [0.1, 0.15) is 40.5 Å². The van der Waals surface area contributed by atoms with Crippen molar-refractivity contribution in [3.05, 3.63) is 0 Å². The molecule has 0 radical (unpaired) electrons. The minimum Gasteiger partial charge on any atom is -0.467 e. The van der Waals surface area contributed by atoms with Crippen LogP contribution in [-0.4, -0.2) is 42.3 Å². The Balaban J connectivity index is 2.81. The molecule has 0 bridgehead atoms. The average molecular weight is 257 g/mol. The Morgan fingerprint density at radius 2 is 1.94 bits per heavy atom. The number of amides is 1. The Hall–Kier alpha value is -1.26. The molecule has 1 fully saturated rings. The molecule has 1 saturated heterocycles. The van der Waals surface area contributed by atoms with Gasteiger partial charge in [0, 0.05) is 6.54 Å². The zero-order valence-corrected chi connectivity index (χ0v) is 11.9. The molecular formula is C13H23NO4. The summed E-state index contributed by atoms with van der Waals surface area (Å²) in [6, 6.07) is -0.505. The largest absolute Gasteiger partial charge is 0.467 e. The van der Waals surface area contributed by atoms with E-state index in [2.05, 4.69) is 0 Å². The number of hydrogen-bond donors (Lipinski definition) is 0. The maximum absolute atomic E-state index is 12.0. The van der Waals surface area contributed by atoms with Crippen LogP contribution in [0.25, 0.3) is 0 Å². The van der Waals surface area contributed by atoms with E-state index in [1.165, 1.54) is 12.0 Å². The van der Waals surface area contributed by atoms with Gasteiger partial charge in [0.15, 0.2) is 0 Å². The minimum atomic E-state index is -0.554. The standard InChI is InChI=1S/C13H23NO4/c1-6-9-7-8-14(10(9)11(15)17-5)12(16)18-13(2,3)4/h9-10H,6-8H2,1-5H3/t9?,10-/m0/s1. The Morgan fingerprint density at radius 1 is 1.33 bits per heavy atom. The number of carbonyl (C=O) groups is 2. The monoisotopic (exact) mass is 257 g/mol. The molecule has 0 aromatic carbocycles. The summed E-state index contributed by atoms with van der Waals surface area (Å²) in [5.41, 5.74) is -0.554. The van der Waals surface area contributed by atoms with Crippen molar-refractivity contribution >= 4 is 12.1 Å². The van der Waals surface area contributed by atoms with Crippen molar-refractivity contribution in [2.75, 3.05) is 13.7 Å². The molecule has 1 heterocycles. The summed E-state index contributed by atoms with van der Waals surface area (Å²) in [5.74, 6) is -0.199. The van der Waals surface area contributed by atoms with Crippen LogP contribution in [0.5, 0.6) is 0 Å². The van der Waals surface area contributed by atoms with Gasteiger partial charge in [0.05, 0.1) is 7.11 Å². The molecule has 0 aromatic rings. The van der Waals surface area contributed by atoms with E-state index < -0.39 is 17.7 Å². The predicted molar refractivity (Wildman–Crippen MR) is 67.1 cm³/mol. The van der Waals surface area contributed by atoms with Crippen LogP contribution < -0.4 is 0 Å². The molecule has 18 heavy (non-hydrogen) atoms. The lowest BCUT2D eigenvalue weighted by atomic mass is 9.98. The van der Waals surface area contributed by atoms with Gasteiger partial charge in [-0.05, 0) is 33.1 Å². The molecule has 2 atom stereocenters. The Labute approximate surface area is 108 Å². The highest BCUT2D eigenvalue weighted by Gasteiger charge is 2.43. The molecule has 0 spiro atoms. The van der Waals surface area contributed by atoms with E-state index in [-0.39, 0.29) is 11.9 Å². The van der Waals surface area contributed by atoms with E-state index in [0.717, 1.165) is 12.8 Å². The highest BCUT2D eigenvalue weighted by Crippen LogP contribution is 2.29. The lowest BCUT2D eigenvalue weighted by Gasteiger charge is -2.28. The fourth-order valence-electron chi connectivity index (χ4n) is 2.25. The number of rotatable bonds is 2. The smallest absolute Gasteiger partial charge is 0.411 e. The van der Waals surface area contributed by atoms with Crippen LogP contribution in [-0.2, 0) is 14.3 Å². The number of methoxy groups -OCH3 is 1. The first kappa shape index (κ1) is 14.8. The molecule has 1 aliphatic rings. The molecule has 5 heteroatoms. The van der Waals surface area contributed by atoms with Gasteiger partial charge in [-0.15, -0.1) is 0 Å². The third kappa shape index (κ3) is 3.37. The van der Waals surface area contributed by atoms with Crippen molar-refractivity contribution in [3.63, 3.8) is 0 Å². The van der Waals surface area contributed by atoms with E-state index in [1.807, 2.05) is 27.7 Å². The third-order valence-corrected chi connectivity index (χ3v) is 3.12. The Bertz CT molecular complexity index is 321. The number of carbonyl (C=O) groups excluding carboxylic acids is 2. The summed E-state index contributed by atoms with van der Waals surface area (Å²) in [5, 5.41) is 0. The van der Waals surface area contributed by atoms with Gasteiger partial charge >= 0.3 is 12.1 Å². The fraction of sp³-hybridized carbons (Fsp3) is 0.846. The maximum Gasteiger partial charge on any atom is 0.411 e. The highest BCUT2D eigenvalue weighted by atomic mass is 16.6. The molecule has 1 aliphatic heterocycles. The molecule has 0 N–H and O–H groups in total. The molecule has 5 nitrogen and oxygen atoms in total. The molecule has 1 amide bonds. The van der Waals surface area contributed by atoms with Crippen LogP contribution in [0.4, 0.5) is 4.79 Å². The topological polar surface area (TPSA) is 55.8 Å². The van der Waals surface area contributed by atoms with Crippen molar-refractivity contribution in [1.82, 2.24) is 4.90 Å². The van der Waals surface area contributed by atoms with Crippen LogP contribution in [0.15, 0.2) is 0 Å². The van der Waals surface area contributed by atoms with E-state index in [4.69, 9.17) is 9.47 Å². The predicted octanol–water partition coefficient (Wildman–Crippen LogP) is 2.20. The van der Waals surface area contributed by atoms with Crippen molar-refractivity contribution in [3.8, 4) is 0 Å². The summed E-state index contributed by atoms with van der Waals surface area (Å²) >= 11 is 0. The average Bonchev–Trinajstić information content (AvgIpc) is 2.69. The van der Waals surface area contributed by atoms with Crippen LogP contribution in [0, 0.1) is 5.92 Å². The van der Waals surface area contributed by atoms with E-state index >= 15 is 0 Å².